The Balaban J connectivity index is 2.08. The van der Waals surface area contributed by atoms with Gasteiger partial charge in [0.05, 0.1) is 0 Å². The molecule has 106 valence electrons. The molecule has 0 radical (unpaired) electrons. The van der Waals surface area contributed by atoms with Crippen LogP contribution in [-0.2, 0) is 6.42 Å². The summed E-state index contributed by atoms with van der Waals surface area (Å²) >= 11 is 0. The third kappa shape index (κ3) is 2.50. The molecule has 1 N–H and O–H groups in total. The van der Waals surface area contributed by atoms with E-state index in [1.165, 1.54) is 0 Å². The average Bonchev–Trinajstić information content (AvgIpc) is 3.01. The van der Waals surface area contributed by atoms with Crippen LogP contribution in [0, 0.1) is 6.92 Å². The normalized spacial score (nSPS) is 10.8. The summed E-state index contributed by atoms with van der Waals surface area (Å²) in [6, 6.07) is 9.45. The lowest BCUT2D eigenvalue weighted by atomic mass is 9.97. The summed E-state index contributed by atoms with van der Waals surface area (Å²) in [7, 11) is 0. The van der Waals surface area contributed by atoms with Gasteiger partial charge in [0, 0.05) is 11.3 Å². The number of hydrogen-bond donors (Lipinski definition) is 1. The fraction of sp³-hybridized carbons (Fsp3) is 0.188. The van der Waals surface area contributed by atoms with Crippen LogP contribution in [0.5, 0.6) is 5.75 Å². The average molecular weight is 280 g/mol. The molecule has 0 aliphatic rings. The van der Waals surface area contributed by atoms with Crippen molar-refractivity contribution in [2.24, 2.45) is 0 Å². The molecule has 3 aromatic rings. The minimum Gasteiger partial charge on any atom is -0.508 e. The molecular weight excluding hydrogens is 264 g/mol. The van der Waals surface area contributed by atoms with Crippen LogP contribution in [0.3, 0.4) is 0 Å². The number of pyridine rings is 1. The number of aryl methyl sites for hydroxylation is 2. The van der Waals surface area contributed by atoms with E-state index in [9.17, 15) is 5.11 Å². The van der Waals surface area contributed by atoms with Gasteiger partial charge in [0.15, 0.2) is 0 Å². The van der Waals surface area contributed by atoms with Crippen molar-refractivity contribution in [2.75, 3.05) is 0 Å². The summed E-state index contributed by atoms with van der Waals surface area (Å²) in [4.78, 5) is 4.61. The van der Waals surface area contributed by atoms with E-state index >= 15 is 0 Å². The van der Waals surface area contributed by atoms with Crippen molar-refractivity contribution < 1.29 is 5.11 Å². The Kier molecular flexibility index (Phi) is 3.39. The standard InChI is InChI=1S/C16H16N4O/c1-3-12-8-13(21)4-5-15(12)14-6-7-16(19-11(14)2)20-9-17-18-10-20/h4-10,21H,3H2,1-2H3. The first-order chi connectivity index (χ1) is 10.2. The van der Waals surface area contributed by atoms with Gasteiger partial charge in [-0.05, 0) is 48.7 Å². The first-order valence-corrected chi connectivity index (χ1v) is 6.84. The van der Waals surface area contributed by atoms with E-state index in [2.05, 4.69) is 22.1 Å². The highest BCUT2D eigenvalue weighted by molar-refractivity contribution is 5.70. The van der Waals surface area contributed by atoms with Crippen molar-refractivity contribution in [3.05, 3.63) is 54.2 Å². The number of aromatic nitrogens is 4. The number of benzene rings is 1. The maximum atomic E-state index is 9.62. The van der Waals surface area contributed by atoms with E-state index in [1.807, 2.05) is 31.2 Å². The predicted molar refractivity (Wildman–Crippen MR) is 80.4 cm³/mol. The molecule has 0 saturated carbocycles. The maximum absolute atomic E-state index is 9.62. The van der Waals surface area contributed by atoms with Crippen LogP contribution in [0.15, 0.2) is 43.0 Å². The topological polar surface area (TPSA) is 63.8 Å². The van der Waals surface area contributed by atoms with Gasteiger partial charge in [0.1, 0.15) is 24.2 Å². The largest absolute Gasteiger partial charge is 0.508 e. The quantitative estimate of drug-likeness (QED) is 0.801. The number of hydrogen-bond acceptors (Lipinski definition) is 4. The van der Waals surface area contributed by atoms with Gasteiger partial charge in [-0.1, -0.05) is 13.0 Å². The van der Waals surface area contributed by atoms with Gasteiger partial charge in [-0.3, -0.25) is 4.57 Å². The number of rotatable bonds is 3. The monoisotopic (exact) mass is 280 g/mol. The molecule has 0 saturated heterocycles. The van der Waals surface area contributed by atoms with Crippen molar-refractivity contribution in [1.29, 1.82) is 0 Å². The van der Waals surface area contributed by atoms with E-state index in [0.717, 1.165) is 34.6 Å². The van der Waals surface area contributed by atoms with Crippen molar-refractivity contribution in [1.82, 2.24) is 19.7 Å². The first kappa shape index (κ1) is 13.3. The molecule has 3 rings (SSSR count). The van der Waals surface area contributed by atoms with Crippen LogP contribution in [0.1, 0.15) is 18.2 Å². The van der Waals surface area contributed by atoms with E-state index in [-0.39, 0.29) is 0 Å². The molecule has 0 atom stereocenters. The highest BCUT2D eigenvalue weighted by Crippen LogP contribution is 2.29. The molecule has 21 heavy (non-hydrogen) atoms. The molecule has 1 aromatic carbocycles. The Morgan fingerprint density at radius 2 is 1.76 bits per heavy atom. The second kappa shape index (κ2) is 5.36. The number of aromatic hydroxyl groups is 1. The van der Waals surface area contributed by atoms with Gasteiger partial charge in [0.2, 0.25) is 0 Å². The summed E-state index contributed by atoms with van der Waals surface area (Å²) in [5, 5.41) is 17.2. The molecule has 0 amide bonds. The molecule has 0 bridgehead atoms. The molecule has 2 aromatic heterocycles. The molecule has 0 fully saturated rings. The number of phenolic OH excluding ortho intramolecular Hbond substituents is 1. The lowest BCUT2D eigenvalue weighted by molar-refractivity contribution is 0.474. The van der Waals surface area contributed by atoms with Crippen LogP contribution in [0.25, 0.3) is 16.9 Å². The zero-order chi connectivity index (χ0) is 14.8. The van der Waals surface area contributed by atoms with Gasteiger partial charge in [-0.15, -0.1) is 10.2 Å². The molecule has 5 heteroatoms. The summed E-state index contributed by atoms with van der Waals surface area (Å²) in [6.07, 6.45) is 4.11. The Bertz CT molecular complexity index is 766. The van der Waals surface area contributed by atoms with Crippen LogP contribution in [-0.4, -0.2) is 24.9 Å². The Hall–Kier alpha value is -2.69. The van der Waals surface area contributed by atoms with Crippen LogP contribution in [0.4, 0.5) is 0 Å². The molecule has 5 nitrogen and oxygen atoms in total. The third-order valence-corrected chi connectivity index (χ3v) is 3.51. The second-order valence-corrected chi connectivity index (χ2v) is 4.87. The molecule has 2 heterocycles. The van der Waals surface area contributed by atoms with Gasteiger partial charge in [-0.2, -0.15) is 0 Å². The van der Waals surface area contributed by atoms with Gasteiger partial charge in [0.25, 0.3) is 0 Å². The summed E-state index contributed by atoms with van der Waals surface area (Å²) in [5.41, 5.74) is 4.22. The molecule has 0 spiro atoms. The van der Waals surface area contributed by atoms with Crippen molar-refractivity contribution in [2.45, 2.75) is 20.3 Å². The number of phenols is 1. The van der Waals surface area contributed by atoms with Crippen LogP contribution in [0.2, 0.25) is 0 Å². The van der Waals surface area contributed by atoms with Gasteiger partial charge < -0.3 is 5.11 Å². The fourth-order valence-corrected chi connectivity index (χ4v) is 2.43. The van der Waals surface area contributed by atoms with E-state index in [0.29, 0.717) is 5.75 Å². The zero-order valence-corrected chi connectivity index (χ0v) is 12.0. The SMILES string of the molecule is CCc1cc(O)ccc1-c1ccc(-n2cnnc2)nc1C. The Morgan fingerprint density at radius 3 is 2.43 bits per heavy atom. The lowest BCUT2D eigenvalue weighted by Gasteiger charge is -2.12. The smallest absolute Gasteiger partial charge is 0.139 e. The first-order valence-electron chi connectivity index (χ1n) is 6.84. The van der Waals surface area contributed by atoms with E-state index < -0.39 is 0 Å². The summed E-state index contributed by atoms with van der Waals surface area (Å²) < 4.78 is 1.77. The van der Waals surface area contributed by atoms with Crippen molar-refractivity contribution in [3.63, 3.8) is 0 Å². The highest BCUT2D eigenvalue weighted by Gasteiger charge is 2.10. The minimum atomic E-state index is 0.294. The summed E-state index contributed by atoms with van der Waals surface area (Å²) in [5.74, 6) is 1.08. The minimum absolute atomic E-state index is 0.294. The molecule has 0 aliphatic heterocycles. The third-order valence-electron chi connectivity index (χ3n) is 3.51. The second-order valence-electron chi connectivity index (χ2n) is 4.87. The predicted octanol–water partition coefficient (Wildman–Crippen LogP) is 2.91. The highest BCUT2D eigenvalue weighted by atomic mass is 16.3. The summed E-state index contributed by atoms with van der Waals surface area (Å²) in [6.45, 7) is 4.06. The Morgan fingerprint density at radius 1 is 1.05 bits per heavy atom. The Labute approximate surface area is 122 Å². The lowest BCUT2D eigenvalue weighted by Crippen LogP contribution is -1.99. The number of nitrogens with zero attached hydrogens (tertiary/aromatic N) is 4. The molecular formula is C16H16N4O. The van der Waals surface area contributed by atoms with Crippen molar-refractivity contribution >= 4 is 0 Å². The van der Waals surface area contributed by atoms with Crippen LogP contribution < -0.4 is 0 Å². The van der Waals surface area contributed by atoms with Gasteiger partial charge >= 0.3 is 0 Å². The van der Waals surface area contributed by atoms with E-state index in [1.54, 1.807) is 23.3 Å². The fourth-order valence-electron chi connectivity index (χ4n) is 2.43. The molecule has 0 unspecified atom stereocenters. The van der Waals surface area contributed by atoms with Crippen LogP contribution >= 0.6 is 0 Å². The van der Waals surface area contributed by atoms with Gasteiger partial charge in [-0.25, -0.2) is 4.98 Å². The zero-order valence-electron chi connectivity index (χ0n) is 12.0. The maximum Gasteiger partial charge on any atom is 0.139 e. The van der Waals surface area contributed by atoms with Crippen molar-refractivity contribution in [3.8, 4) is 22.7 Å². The molecule has 0 aliphatic carbocycles. The van der Waals surface area contributed by atoms with E-state index in [4.69, 9.17) is 0 Å².